The number of anilines is 5. The summed E-state index contributed by atoms with van der Waals surface area (Å²) in [7, 11) is 0. The summed E-state index contributed by atoms with van der Waals surface area (Å²) in [4.78, 5) is 18.6. The van der Waals surface area contributed by atoms with Gasteiger partial charge in [0.25, 0.3) is 0 Å². The van der Waals surface area contributed by atoms with E-state index >= 15 is 0 Å². The van der Waals surface area contributed by atoms with Gasteiger partial charge in [0.2, 0.25) is 0 Å². The molecule has 0 amide bonds. The van der Waals surface area contributed by atoms with E-state index < -0.39 is 0 Å². The van der Waals surface area contributed by atoms with Crippen LogP contribution in [0, 0.1) is 6.92 Å². The van der Waals surface area contributed by atoms with Crippen LogP contribution in [0.15, 0.2) is 187 Å². The van der Waals surface area contributed by atoms with Gasteiger partial charge >= 0.3 is 0 Å². The quantitative estimate of drug-likeness (QED) is 0.167. The third-order valence-corrected chi connectivity index (χ3v) is 12.0. The Bertz CT molecular complexity index is 2910. The zero-order valence-corrected chi connectivity index (χ0v) is 33.7. The Morgan fingerprint density at radius 3 is 1.76 bits per heavy atom. The molecule has 0 radical (unpaired) electrons. The van der Waals surface area contributed by atoms with Crippen LogP contribution in [0.3, 0.4) is 0 Å². The van der Waals surface area contributed by atoms with Gasteiger partial charge in [0, 0.05) is 34.1 Å². The molecule has 8 aromatic rings. The third-order valence-electron chi connectivity index (χ3n) is 12.0. The van der Waals surface area contributed by atoms with E-state index in [9.17, 15) is 0 Å². The van der Waals surface area contributed by atoms with Gasteiger partial charge in [-0.25, -0.2) is 9.97 Å². The molecule has 59 heavy (non-hydrogen) atoms. The summed E-state index contributed by atoms with van der Waals surface area (Å²) in [5.41, 5.74) is 17.7. The molecule has 0 saturated carbocycles. The molecule has 1 aliphatic heterocycles. The number of fused-ring (bicyclic) bond motifs is 5. The number of aromatic nitrogens is 2. The molecule has 0 fully saturated rings. The van der Waals surface area contributed by atoms with Crippen LogP contribution >= 0.6 is 0 Å². The van der Waals surface area contributed by atoms with Gasteiger partial charge in [0.15, 0.2) is 0 Å². The zero-order valence-electron chi connectivity index (χ0n) is 33.7. The monoisotopic (exact) mass is 764 g/mol. The minimum atomic E-state index is -0.297. The minimum Gasteiger partial charge on any atom is -0.370 e. The fraction of sp³-hybridized carbons (Fsp3) is 0.113. The lowest BCUT2D eigenvalue weighted by Crippen LogP contribution is -2.28. The van der Waals surface area contributed by atoms with E-state index in [1.54, 1.807) is 6.33 Å². The molecule has 1 aliphatic carbocycles. The van der Waals surface area contributed by atoms with Gasteiger partial charge in [0.1, 0.15) is 13.0 Å². The molecule has 0 spiro atoms. The van der Waals surface area contributed by atoms with Crippen molar-refractivity contribution in [2.45, 2.75) is 33.1 Å². The summed E-state index contributed by atoms with van der Waals surface area (Å²) in [6.45, 7) is 9.46. The highest BCUT2D eigenvalue weighted by Gasteiger charge is 2.39. The number of aliphatic imine (C=N–C) groups is 1. The van der Waals surface area contributed by atoms with E-state index in [-0.39, 0.29) is 5.41 Å². The van der Waals surface area contributed by atoms with Gasteiger partial charge in [-0.15, -0.1) is 0 Å². The van der Waals surface area contributed by atoms with Gasteiger partial charge in [0.05, 0.1) is 34.7 Å². The van der Waals surface area contributed by atoms with E-state index in [0.29, 0.717) is 6.67 Å². The number of rotatable bonds is 8. The first kappa shape index (κ1) is 36.1. The lowest BCUT2D eigenvalue weighted by molar-refractivity contribution is 0.666. The van der Waals surface area contributed by atoms with Crippen LogP contribution < -0.4 is 15.1 Å². The number of benzene rings is 7. The van der Waals surface area contributed by atoms with Crippen LogP contribution in [0.25, 0.3) is 44.2 Å². The van der Waals surface area contributed by atoms with Crippen molar-refractivity contribution in [2.75, 3.05) is 16.5 Å². The maximum absolute atomic E-state index is 4.84. The van der Waals surface area contributed by atoms with Crippen LogP contribution in [-0.2, 0) is 5.41 Å². The van der Waals surface area contributed by atoms with Crippen LogP contribution in [0.1, 0.15) is 37.6 Å². The van der Waals surface area contributed by atoms with E-state index in [1.807, 2.05) is 13.1 Å². The van der Waals surface area contributed by atoms with Crippen LogP contribution in [0.2, 0.25) is 0 Å². The van der Waals surface area contributed by atoms with Crippen molar-refractivity contribution in [3.8, 4) is 33.4 Å². The Labute approximate surface area is 345 Å². The Kier molecular flexibility index (Phi) is 8.90. The van der Waals surface area contributed by atoms with E-state index in [1.165, 1.54) is 55.3 Å². The van der Waals surface area contributed by atoms with Gasteiger partial charge in [-0.05, 0) is 106 Å². The molecule has 286 valence electrons. The summed E-state index contributed by atoms with van der Waals surface area (Å²) >= 11 is 0. The SMILES string of the molecule is CC1=NCNC=C1N(c1ccc(-c2ccccc2)cc1)c1cc2c(c3ccccc13)C(C)(C)c1cc(N(c3ccc(-c4ccccc4)cc3)c3cncnc3C)ccc1-2. The van der Waals surface area contributed by atoms with Crippen molar-refractivity contribution in [2.24, 2.45) is 4.99 Å². The van der Waals surface area contributed by atoms with E-state index in [0.717, 1.165) is 45.5 Å². The summed E-state index contributed by atoms with van der Waals surface area (Å²) in [6, 6.07) is 57.0. The maximum atomic E-state index is 4.84. The highest BCUT2D eigenvalue weighted by molar-refractivity contribution is 6.11. The van der Waals surface area contributed by atoms with Gasteiger partial charge in [-0.1, -0.05) is 129 Å². The Morgan fingerprint density at radius 1 is 0.559 bits per heavy atom. The average molecular weight is 765 g/mol. The van der Waals surface area contributed by atoms with Crippen molar-refractivity contribution >= 4 is 44.9 Å². The zero-order chi connectivity index (χ0) is 40.1. The van der Waals surface area contributed by atoms with Crippen molar-refractivity contribution in [1.82, 2.24) is 15.3 Å². The number of hydrogen-bond acceptors (Lipinski definition) is 6. The molecular formula is C53H44N6. The van der Waals surface area contributed by atoms with Crippen LogP contribution in [0.4, 0.5) is 28.4 Å². The minimum absolute atomic E-state index is 0.297. The standard InChI is InChI=1S/C53H44N6/c1-35-50(31-54-33-56-35)58(41-23-19-39(20-24-41)37-13-7-5-8-14-37)43-27-28-44-47-30-49(45-17-11-12-18-46(45)52(47)53(3,4)48(44)29-43)59(51-32-55-34-57-36(51)2)42-25-21-40(22-26-42)38-15-9-6-10-16-38/h5-33,55H,34H2,1-4H3. The molecule has 0 bridgehead atoms. The number of allylic oxidation sites excluding steroid dienone is 1. The molecule has 10 rings (SSSR count). The first-order chi connectivity index (χ1) is 28.9. The second kappa shape index (κ2) is 14.6. The fourth-order valence-corrected chi connectivity index (χ4v) is 9.01. The molecule has 0 unspecified atom stereocenters. The molecule has 1 N–H and O–H groups in total. The highest BCUT2D eigenvalue weighted by Crippen LogP contribution is 2.55. The van der Waals surface area contributed by atoms with Gasteiger partial charge < -0.3 is 15.1 Å². The predicted octanol–water partition coefficient (Wildman–Crippen LogP) is 13.0. The molecular weight excluding hydrogens is 721 g/mol. The lowest BCUT2D eigenvalue weighted by Gasteiger charge is -2.32. The van der Waals surface area contributed by atoms with E-state index in [4.69, 9.17) is 4.99 Å². The summed E-state index contributed by atoms with van der Waals surface area (Å²) in [6.07, 6.45) is 5.64. The number of hydrogen-bond donors (Lipinski definition) is 1. The second-order valence-corrected chi connectivity index (χ2v) is 15.8. The number of nitrogens with one attached hydrogen (secondary N) is 1. The normalized spacial score (nSPS) is 13.8. The molecule has 6 nitrogen and oxygen atoms in total. The van der Waals surface area contributed by atoms with Crippen molar-refractivity contribution in [1.29, 1.82) is 0 Å². The van der Waals surface area contributed by atoms with Gasteiger partial charge in [-0.3, -0.25) is 4.99 Å². The van der Waals surface area contributed by atoms with Crippen molar-refractivity contribution < 1.29 is 0 Å². The Hall–Kier alpha value is -7.31. The first-order valence-electron chi connectivity index (χ1n) is 20.2. The second-order valence-electron chi connectivity index (χ2n) is 15.8. The topological polar surface area (TPSA) is 56.7 Å². The predicted molar refractivity (Wildman–Crippen MR) is 245 cm³/mol. The smallest absolute Gasteiger partial charge is 0.115 e. The summed E-state index contributed by atoms with van der Waals surface area (Å²) in [5.74, 6) is 0. The highest BCUT2D eigenvalue weighted by atomic mass is 15.2. The van der Waals surface area contributed by atoms with Crippen LogP contribution in [0.5, 0.6) is 0 Å². The van der Waals surface area contributed by atoms with Crippen LogP contribution in [-0.4, -0.2) is 22.3 Å². The molecule has 0 saturated heterocycles. The molecule has 6 heteroatoms. The Balaban J connectivity index is 1.13. The fourth-order valence-electron chi connectivity index (χ4n) is 9.01. The third kappa shape index (κ3) is 6.25. The Morgan fingerprint density at radius 2 is 1.14 bits per heavy atom. The number of aryl methyl sites for hydroxylation is 1. The van der Waals surface area contributed by atoms with Gasteiger partial charge in [-0.2, -0.15) is 0 Å². The van der Waals surface area contributed by atoms with E-state index in [2.05, 4.69) is 210 Å². The maximum Gasteiger partial charge on any atom is 0.115 e. The molecule has 1 aromatic heterocycles. The largest absolute Gasteiger partial charge is 0.370 e. The first-order valence-corrected chi connectivity index (χ1v) is 20.2. The summed E-state index contributed by atoms with van der Waals surface area (Å²) < 4.78 is 0. The molecule has 7 aromatic carbocycles. The molecule has 2 heterocycles. The molecule has 0 atom stereocenters. The number of nitrogens with zero attached hydrogens (tertiary/aromatic N) is 5. The lowest BCUT2D eigenvalue weighted by atomic mass is 9.79. The summed E-state index contributed by atoms with van der Waals surface area (Å²) in [5, 5.41) is 5.84. The van der Waals surface area contributed by atoms with Crippen molar-refractivity contribution in [3.63, 3.8) is 0 Å². The molecule has 2 aliphatic rings. The van der Waals surface area contributed by atoms with Crippen molar-refractivity contribution in [3.05, 3.63) is 199 Å². The average Bonchev–Trinajstić information content (AvgIpc) is 3.51.